The lowest BCUT2D eigenvalue weighted by Crippen LogP contribution is -2.36. The van der Waals surface area contributed by atoms with Gasteiger partial charge in [0, 0.05) is 25.0 Å². The molecule has 0 spiro atoms. The second-order valence-electron chi connectivity index (χ2n) is 7.79. The average molecular weight is 404 g/mol. The zero-order valence-corrected chi connectivity index (χ0v) is 16.4. The molecule has 0 amide bonds. The molecule has 152 valence electrons. The van der Waals surface area contributed by atoms with Crippen molar-refractivity contribution in [2.75, 3.05) is 12.4 Å². The van der Waals surface area contributed by atoms with Gasteiger partial charge in [-0.25, -0.2) is 15.0 Å². The number of Topliss-reactive ketones (excluding diaryl/α,β-unsaturated/α-hetero) is 1. The van der Waals surface area contributed by atoms with Crippen LogP contribution in [0.1, 0.15) is 30.8 Å². The number of aliphatic hydroxyl groups excluding tert-OH is 2. The summed E-state index contributed by atoms with van der Waals surface area (Å²) in [5.74, 6) is 6.47. The number of fused-ring (bicyclic) bond motifs is 2. The van der Waals surface area contributed by atoms with E-state index < -0.39 is 23.7 Å². The molecule has 2 fully saturated rings. The number of aromatic nitrogens is 5. The Kier molecular flexibility index (Phi) is 4.10. The molecule has 9 heteroatoms. The highest BCUT2D eigenvalue weighted by Crippen LogP contribution is 2.68. The van der Waals surface area contributed by atoms with Crippen LogP contribution in [-0.4, -0.2) is 59.8 Å². The van der Waals surface area contributed by atoms with Gasteiger partial charge in [-0.3, -0.25) is 9.78 Å². The number of aliphatic hydroxyl groups is 2. The molecule has 2 aliphatic carbocycles. The van der Waals surface area contributed by atoms with Gasteiger partial charge in [-0.05, 0) is 37.3 Å². The Balaban J connectivity index is 1.60. The fourth-order valence-corrected chi connectivity index (χ4v) is 4.70. The zero-order valence-electron chi connectivity index (χ0n) is 16.4. The second kappa shape index (κ2) is 6.58. The summed E-state index contributed by atoms with van der Waals surface area (Å²) in [6.07, 6.45) is 3.27. The van der Waals surface area contributed by atoms with Crippen molar-refractivity contribution in [3.63, 3.8) is 0 Å². The minimum atomic E-state index is -1.10. The number of imidazole rings is 1. The Hall–Kier alpha value is -3.35. The van der Waals surface area contributed by atoms with Gasteiger partial charge in [0.25, 0.3) is 0 Å². The number of carbonyl (C=O) groups is 1. The first kappa shape index (κ1) is 18.7. The summed E-state index contributed by atoms with van der Waals surface area (Å²) < 4.78 is 1.74. The van der Waals surface area contributed by atoms with E-state index in [1.807, 2.05) is 6.07 Å². The van der Waals surface area contributed by atoms with Crippen LogP contribution in [-0.2, 0) is 4.79 Å². The highest BCUT2D eigenvalue weighted by molar-refractivity contribution is 5.88. The van der Waals surface area contributed by atoms with Crippen molar-refractivity contribution in [1.82, 2.24) is 24.5 Å². The van der Waals surface area contributed by atoms with Crippen LogP contribution in [0.15, 0.2) is 30.9 Å². The van der Waals surface area contributed by atoms with Crippen molar-refractivity contribution in [3.8, 4) is 11.8 Å². The van der Waals surface area contributed by atoms with Gasteiger partial charge in [0.2, 0.25) is 5.82 Å². The number of pyridine rings is 1. The van der Waals surface area contributed by atoms with Gasteiger partial charge in [-0.15, -0.1) is 0 Å². The van der Waals surface area contributed by atoms with Crippen LogP contribution in [0, 0.1) is 23.2 Å². The average Bonchev–Trinajstić information content (AvgIpc) is 3.30. The minimum absolute atomic E-state index is 0.0977. The molecule has 3 heterocycles. The van der Waals surface area contributed by atoms with Crippen molar-refractivity contribution >= 4 is 22.8 Å². The van der Waals surface area contributed by atoms with Gasteiger partial charge in [-0.2, -0.15) is 0 Å². The first-order chi connectivity index (χ1) is 14.5. The fraction of sp³-hybridized carbons (Fsp3) is 0.381. The first-order valence-corrected chi connectivity index (χ1v) is 9.69. The van der Waals surface area contributed by atoms with Gasteiger partial charge in [0.05, 0.1) is 23.9 Å². The van der Waals surface area contributed by atoms with Crippen LogP contribution < -0.4 is 5.32 Å². The Morgan fingerprint density at radius 1 is 1.33 bits per heavy atom. The van der Waals surface area contributed by atoms with E-state index in [1.54, 1.807) is 36.4 Å². The Morgan fingerprint density at radius 2 is 2.17 bits per heavy atom. The van der Waals surface area contributed by atoms with E-state index in [9.17, 15) is 15.0 Å². The molecular formula is C21H20N6O3. The molecule has 3 aromatic heterocycles. The molecule has 3 aromatic rings. The van der Waals surface area contributed by atoms with E-state index in [2.05, 4.69) is 37.1 Å². The quantitative estimate of drug-likeness (QED) is 0.540. The molecule has 0 aliphatic heterocycles. The molecule has 2 saturated carbocycles. The van der Waals surface area contributed by atoms with Crippen molar-refractivity contribution in [3.05, 3.63) is 42.2 Å². The monoisotopic (exact) mass is 404 g/mol. The van der Waals surface area contributed by atoms with Crippen molar-refractivity contribution in [1.29, 1.82) is 0 Å². The predicted octanol–water partition coefficient (Wildman–Crippen LogP) is 0.535. The van der Waals surface area contributed by atoms with Crippen LogP contribution in [0.4, 0.5) is 5.82 Å². The molecule has 5 atom stereocenters. The van der Waals surface area contributed by atoms with Gasteiger partial charge in [0.1, 0.15) is 11.9 Å². The molecule has 2 aliphatic rings. The molecular weight excluding hydrogens is 384 g/mol. The number of carbonyl (C=O) groups excluding carboxylic acids is 1. The molecule has 0 aromatic carbocycles. The highest BCUT2D eigenvalue weighted by Gasteiger charge is 2.74. The predicted molar refractivity (Wildman–Crippen MR) is 107 cm³/mol. The lowest BCUT2D eigenvalue weighted by molar-refractivity contribution is -0.128. The van der Waals surface area contributed by atoms with Gasteiger partial charge in [-0.1, -0.05) is 5.92 Å². The summed E-state index contributed by atoms with van der Waals surface area (Å²) >= 11 is 0. The van der Waals surface area contributed by atoms with Crippen molar-refractivity contribution in [2.45, 2.75) is 31.6 Å². The van der Waals surface area contributed by atoms with Crippen LogP contribution in [0.3, 0.4) is 0 Å². The van der Waals surface area contributed by atoms with Crippen LogP contribution in [0.5, 0.6) is 0 Å². The van der Waals surface area contributed by atoms with E-state index in [1.165, 1.54) is 6.92 Å². The molecule has 2 unspecified atom stereocenters. The minimum Gasteiger partial charge on any atom is -0.389 e. The number of hydrogen-bond acceptors (Lipinski definition) is 8. The maximum atomic E-state index is 12.2. The van der Waals surface area contributed by atoms with E-state index >= 15 is 0 Å². The largest absolute Gasteiger partial charge is 0.389 e. The van der Waals surface area contributed by atoms with Crippen LogP contribution in [0.2, 0.25) is 0 Å². The molecule has 0 bridgehead atoms. The molecule has 9 nitrogen and oxygen atoms in total. The van der Waals surface area contributed by atoms with Gasteiger partial charge >= 0.3 is 0 Å². The van der Waals surface area contributed by atoms with Crippen molar-refractivity contribution < 1.29 is 15.0 Å². The lowest BCUT2D eigenvalue weighted by Gasteiger charge is -2.23. The standard InChI is InChI=1S/C21H20N6O3/c1-11(28)21-8-13(21)16(17(29)18(21)30)27-10-24-15-19(22-2)25-14(26-20(15)27)6-5-12-4-3-7-23-9-12/h3-4,7,9-10,13,16-18,29-30H,8H2,1-2H3,(H,22,25,26)/t13?,16-,17+,18?,21+/m1/s1. The van der Waals surface area contributed by atoms with Gasteiger partial charge in [0.15, 0.2) is 17.0 Å². The summed E-state index contributed by atoms with van der Waals surface area (Å²) in [5, 5.41) is 24.3. The number of nitrogens with zero attached hydrogens (tertiary/aromatic N) is 5. The number of rotatable bonds is 3. The van der Waals surface area contributed by atoms with E-state index in [4.69, 9.17) is 0 Å². The molecule has 30 heavy (non-hydrogen) atoms. The van der Waals surface area contributed by atoms with Crippen LogP contribution >= 0.6 is 0 Å². The van der Waals surface area contributed by atoms with Crippen LogP contribution in [0.25, 0.3) is 11.2 Å². The third kappa shape index (κ3) is 2.54. The first-order valence-electron chi connectivity index (χ1n) is 9.69. The Labute approximate surface area is 172 Å². The number of hydrogen-bond donors (Lipinski definition) is 3. The Morgan fingerprint density at radius 3 is 2.83 bits per heavy atom. The van der Waals surface area contributed by atoms with Gasteiger partial charge < -0.3 is 20.1 Å². The molecule has 0 saturated heterocycles. The second-order valence-corrected chi connectivity index (χ2v) is 7.79. The highest BCUT2D eigenvalue weighted by atomic mass is 16.3. The summed E-state index contributed by atoms with van der Waals surface area (Å²) in [6.45, 7) is 1.47. The summed E-state index contributed by atoms with van der Waals surface area (Å²) in [7, 11) is 1.73. The Bertz CT molecular complexity index is 1210. The van der Waals surface area contributed by atoms with E-state index in [-0.39, 0.29) is 11.7 Å². The topological polar surface area (TPSA) is 126 Å². The zero-order chi connectivity index (χ0) is 21.0. The third-order valence-corrected chi connectivity index (χ3v) is 6.29. The molecule has 0 radical (unpaired) electrons. The summed E-state index contributed by atoms with van der Waals surface area (Å²) in [5.41, 5.74) is 0.890. The maximum absolute atomic E-state index is 12.2. The van der Waals surface area contributed by atoms with E-state index in [0.29, 0.717) is 29.2 Å². The number of ketones is 1. The third-order valence-electron chi connectivity index (χ3n) is 6.29. The lowest BCUT2D eigenvalue weighted by atomic mass is 9.95. The van der Waals surface area contributed by atoms with E-state index in [0.717, 1.165) is 5.56 Å². The van der Waals surface area contributed by atoms with Crippen molar-refractivity contribution in [2.24, 2.45) is 11.3 Å². The SMILES string of the molecule is CNc1nc(C#Cc2cccnc2)nc2c1ncn2[C@@H]1C2C[C@@]2(C(C)=O)C(O)[C@H]1O. The normalized spacial score (nSPS) is 29.2. The smallest absolute Gasteiger partial charge is 0.209 e. The molecule has 5 rings (SSSR count). The number of anilines is 1. The molecule has 3 N–H and O–H groups in total. The summed E-state index contributed by atoms with van der Waals surface area (Å²) in [6, 6.07) is 3.14. The fourth-order valence-electron chi connectivity index (χ4n) is 4.70. The number of nitrogens with one attached hydrogen (secondary N) is 1. The maximum Gasteiger partial charge on any atom is 0.209 e. The summed E-state index contributed by atoms with van der Waals surface area (Å²) in [4.78, 5) is 29.6.